The molecule has 0 bridgehead atoms. The Bertz CT molecular complexity index is 1190. The summed E-state index contributed by atoms with van der Waals surface area (Å²) in [4.78, 5) is 29.8. The average molecular weight is 485 g/mol. The molecule has 7 nitrogen and oxygen atoms in total. The lowest BCUT2D eigenvalue weighted by molar-refractivity contribution is -0.128. The number of rotatable bonds is 8. The first-order chi connectivity index (χ1) is 17.5. The molecule has 1 unspecified atom stereocenters. The van der Waals surface area contributed by atoms with Crippen molar-refractivity contribution in [1.29, 1.82) is 0 Å². The highest BCUT2D eigenvalue weighted by molar-refractivity contribution is 5.87. The number of fused-ring (bicyclic) bond motifs is 1. The number of nitrogens with one attached hydrogen (secondary N) is 1. The second kappa shape index (κ2) is 10.8. The number of carbonyl (C=O) groups is 2. The molecular formula is C29H32N4O3. The molecule has 1 saturated heterocycles. The van der Waals surface area contributed by atoms with Crippen molar-refractivity contribution < 1.29 is 14.3 Å². The van der Waals surface area contributed by atoms with Crippen LogP contribution in [0.1, 0.15) is 17.5 Å². The number of amides is 2. The van der Waals surface area contributed by atoms with E-state index in [9.17, 15) is 9.59 Å². The van der Waals surface area contributed by atoms with Gasteiger partial charge in [-0.2, -0.15) is 0 Å². The molecule has 1 aliphatic carbocycles. The maximum Gasteiger partial charge on any atom is 0.242 e. The number of hydrogen-bond acceptors (Lipinski definition) is 5. The van der Waals surface area contributed by atoms with Crippen LogP contribution in [0.25, 0.3) is 0 Å². The topological polar surface area (TPSA) is 87.9 Å². The summed E-state index contributed by atoms with van der Waals surface area (Å²) in [5.74, 6) is 1.24. The Kier molecular flexibility index (Phi) is 7.18. The zero-order valence-electron chi connectivity index (χ0n) is 20.3. The van der Waals surface area contributed by atoms with Crippen LogP contribution < -0.4 is 20.7 Å². The molecule has 7 heteroatoms. The smallest absolute Gasteiger partial charge is 0.242 e. The van der Waals surface area contributed by atoms with Gasteiger partial charge in [-0.3, -0.25) is 9.59 Å². The van der Waals surface area contributed by atoms with Crippen molar-refractivity contribution >= 4 is 17.5 Å². The Hall–Kier alpha value is -3.84. The predicted molar refractivity (Wildman–Crippen MR) is 140 cm³/mol. The van der Waals surface area contributed by atoms with Crippen LogP contribution in [0.2, 0.25) is 0 Å². The van der Waals surface area contributed by atoms with Crippen LogP contribution in [-0.4, -0.2) is 55.0 Å². The fraction of sp³-hybridized carbons (Fsp3) is 0.310. The fourth-order valence-corrected chi connectivity index (χ4v) is 4.99. The van der Waals surface area contributed by atoms with Gasteiger partial charge in [-0.05, 0) is 54.7 Å². The summed E-state index contributed by atoms with van der Waals surface area (Å²) in [6.45, 7) is 1.38. The molecule has 5 rings (SSSR count). The number of benzene rings is 3. The number of anilines is 1. The molecule has 3 aromatic rings. The summed E-state index contributed by atoms with van der Waals surface area (Å²) in [7, 11) is 0. The number of nitrogens with zero attached hydrogens (tertiary/aromatic N) is 2. The molecule has 3 aromatic carbocycles. The van der Waals surface area contributed by atoms with Gasteiger partial charge in [0.05, 0.1) is 13.1 Å². The van der Waals surface area contributed by atoms with E-state index in [0.717, 1.165) is 30.7 Å². The van der Waals surface area contributed by atoms with Gasteiger partial charge in [-0.15, -0.1) is 0 Å². The van der Waals surface area contributed by atoms with Gasteiger partial charge in [0.2, 0.25) is 11.8 Å². The quantitative estimate of drug-likeness (QED) is 0.513. The van der Waals surface area contributed by atoms with Crippen molar-refractivity contribution in [2.45, 2.75) is 31.3 Å². The number of nitrogens with two attached hydrogens (primary N) is 1. The minimum absolute atomic E-state index is 0.0114. The highest BCUT2D eigenvalue weighted by atomic mass is 16.5. The Balaban J connectivity index is 1.30. The fourth-order valence-electron chi connectivity index (χ4n) is 4.99. The van der Waals surface area contributed by atoms with Crippen LogP contribution in [0.3, 0.4) is 0 Å². The van der Waals surface area contributed by atoms with E-state index in [1.54, 1.807) is 4.90 Å². The molecule has 0 spiro atoms. The minimum Gasteiger partial charge on any atom is -0.457 e. The van der Waals surface area contributed by atoms with Crippen LogP contribution in [0.4, 0.5) is 5.69 Å². The van der Waals surface area contributed by atoms with Crippen LogP contribution in [0.5, 0.6) is 11.5 Å². The maximum atomic E-state index is 13.1. The number of hydrogen-bond donors (Lipinski definition) is 2. The van der Waals surface area contributed by atoms with E-state index in [1.807, 2.05) is 71.6 Å². The summed E-state index contributed by atoms with van der Waals surface area (Å²) < 4.78 is 6.00. The van der Waals surface area contributed by atoms with Gasteiger partial charge in [0.1, 0.15) is 11.5 Å². The number of likely N-dealkylation sites (tertiary alicyclic amines) is 1. The molecule has 2 amide bonds. The summed E-state index contributed by atoms with van der Waals surface area (Å²) in [6, 6.07) is 25.4. The number of carbonyl (C=O) groups excluding carboxylic acids is 2. The predicted octanol–water partition coefficient (Wildman–Crippen LogP) is 3.13. The first kappa shape index (κ1) is 23.9. The second-order valence-corrected chi connectivity index (χ2v) is 9.60. The Morgan fingerprint density at radius 2 is 1.61 bits per heavy atom. The molecular weight excluding hydrogens is 452 g/mol. The molecule has 0 aromatic heterocycles. The second-order valence-electron chi connectivity index (χ2n) is 9.60. The van der Waals surface area contributed by atoms with Crippen molar-refractivity contribution in [2.24, 2.45) is 5.73 Å². The van der Waals surface area contributed by atoms with Crippen molar-refractivity contribution in [3.05, 3.63) is 90.0 Å². The molecule has 186 valence electrons. The van der Waals surface area contributed by atoms with E-state index < -0.39 is 0 Å². The van der Waals surface area contributed by atoms with Crippen LogP contribution in [0, 0.1) is 0 Å². The summed E-state index contributed by atoms with van der Waals surface area (Å²) >= 11 is 0. The zero-order chi connectivity index (χ0) is 24.9. The van der Waals surface area contributed by atoms with Crippen molar-refractivity contribution in [3.8, 4) is 11.5 Å². The number of para-hydroxylation sites is 1. The molecule has 1 fully saturated rings. The van der Waals surface area contributed by atoms with Gasteiger partial charge in [-0.1, -0.05) is 48.5 Å². The van der Waals surface area contributed by atoms with Crippen molar-refractivity contribution in [3.63, 3.8) is 0 Å². The lowest BCUT2D eigenvalue weighted by Crippen LogP contribution is -2.46. The van der Waals surface area contributed by atoms with Crippen molar-refractivity contribution in [2.75, 3.05) is 31.1 Å². The van der Waals surface area contributed by atoms with Gasteiger partial charge in [0, 0.05) is 36.9 Å². The third-order valence-corrected chi connectivity index (χ3v) is 6.82. The average Bonchev–Trinajstić information content (AvgIpc) is 3.50. The standard InChI is InChI=1S/C29H32N4O3/c30-23-13-14-32(18-23)29(35)20-33(19-28(34)31-24-15-21-7-4-5-8-22(21)16-24)25-9-6-12-27(17-25)36-26-10-2-1-3-11-26/h1-12,17,23-24H,13-16,18-20,30H2,(H,31,34). The highest BCUT2D eigenvalue weighted by Crippen LogP contribution is 2.26. The molecule has 0 radical (unpaired) electrons. The Morgan fingerprint density at radius 3 is 2.31 bits per heavy atom. The minimum atomic E-state index is -0.104. The first-order valence-corrected chi connectivity index (χ1v) is 12.5. The highest BCUT2D eigenvalue weighted by Gasteiger charge is 2.27. The van der Waals surface area contributed by atoms with Crippen LogP contribution >= 0.6 is 0 Å². The molecule has 36 heavy (non-hydrogen) atoms. The molecule has 2 aliphatic rings. The lowest BCUT2D eigenvalue weighted by atomic mass is 10.1. The molecule has 3 N–H and O–H groups in total. The van der Waals surface area contributed by atoms with Gasteiger partial charge in [0.15, 0.2) is 0 Å². The third kappa shape index (κ3) is 5.86. The maximum absolute atomic E-state index is 13.1. The van der Waals surface area contributed by atoms with Crippen molar-refractivity contribution in [1.82, 2.24) is 10.2 Å². The normalized spacial score (nSPS) is 17.0. The monoisotopic (exact) mass is 484 g/mol. The summed E-state index contributed by atoms with van der Waals surface area (Å²) in [6.07, 6.45) is 2.45. The number of ether oxygens (including phenoxy) is 1. The van der Waals surface area contributed by atoms with E-state index in [2.05, 4.69) is 17.4 Å². The van der Waals surface area contributed by atoms with E-state index in [1.165, 1.54) is 11.1 Å². The molecule has 1 atom stereocenters. The van der Waals surface area contributed by atoms with Gasteiger partial charge in [-0.25, -0.2) is 0 Å². The molecule has 0 saturated carbocycles. The zero-order valence-corrected chi connectivity index (χ0v) is 20.3. The lowest BCUT2D eigenvalue weighted by Gasteiger charge is -2.27. The Labute approximate surface area is 211 Å². The molecule has 1 heterocycles. The largest absolute Gasteiger partial charge is 0.457 e. The van der Waals surface area contributed by atoms with Gasteiger partial charge in [0.25, 0.3) is 0 Å². The summed E-state index contributed by atoms with van der Waals surface area (Å²) in [5.41, 5.74) is 9.34. The van der Waals surface area contributed by atoms with E-state index >= 15 is 0 Å². The van der Waals surface area contributed by atoms with E-state index in [-0.39, 0.29) is 37.0 Å². The van der Waals surface area contributed by atoms with E-state index in [0.29, 0.717) is 18.8 Å². The third-order valence-electron chi connectivity index (χ3n) is 6.82. The van der Waals surface area contributed by atoms with E-state index in [4.69, 9.17) is 10.5 Å². The van der Waals surface area contributed by atoms with Crippen LogP contribution in [-0.2, 0) is 22.4 Å². The first-order valence-electron chi connectivity index (χ1n) is 12.5. The molecule has 1 aliphatic heterocycles. The Morgan fingerprint density at radius 1 is 0.917 bits per heavy atom. The van der Waals surface area contributed by atoms with Gasteiger partial charge < -0.3 is 25.6 Å². The van der Waals surface area contributed by atoms with Crippen LogP contribution in [0.15, 0.2) is 78.9 Å². The SMILES string of the molecule is NC1CCN(C(=O)CN(CC(=O)NC2Cc3ccccc3C2)c2cccc(Oc3ccccc3)c2)C1. The summed E-state index contributed by atoms with van der Waals surface area (Å²) in [5, 5.41) is 3.17. The van der Waals surface area contributed by atoms with Gasteiger partial charge >= 0.3 is 0 Å².